The summed E-state index contributed by atoms with van der Waals surface area (Å²) in [6.07, 6.45) is -4.80. The van der Waals surface area contributed by atoms with Gasteiger partial charge in [-0.15, -0.1) is 0 Å². The summed E-state index contributed by atoms with van der Waals surface area (Å²) in [4.78, 5) is 14.4. The Morgan fingerprint density at radius 2 is 1.89 bits per heavy atom. The minimum atomic E-state index is -4.80. The van der Waals surface area contributed by atoms with E-state index >= 15 is 0 Å². The summed E-state index contributed by atoms with van der Waals surface area (Å²) < 4.78 is 42.0. The van der Waals surface area contributed by atoms with Crippen LogP contribution in [0.15, 0.2) is 35.3 Å². The van der Waals surface area contributed by atoms with Gasteiger partial charge in [-0.05, 0) is 12.5 Å². The van der Waals surface area contributed by atoms with E-state index in [1.165, 1.54) is 6.92 Å². The molecular weight excluding hydrogens is 247 g/mol. The number of alkyl halides is 3. The molecule has 0 atom stereocenters. The summed E-state index contributed by atoms with van der Waals surface area (Å²) in [6.45, 7) is 1.09. The van der Waals surface area contributed by atoms with Gasteiger partial charge < -0.3 is 4.74 Å². The third kappa shape index (κ3) is 4.20. The first kappa shape index (κ1) is 14.2. The largest absolute Gasteiger partial charge is 0.461 e. The Balaban J connectivity index is 2.87. The number of nitrogens with zero attached hydrogens (tertiary/aromatic N) is 1. The Labute approximate surface area is 102 Å². The number of benzene rings is 1. The van der Waals surface area contributed by atoms with Gasteiger partial charge in [0.15, 0.2) is 0 Å². The van der Waals surface area contributed by atoms with Crippen molar-refractivity contribution in [3.8, 4) is 0 Å². The van der Waals surface area contributed by atoms with Crippen molar-refractivity contribution in [2.24, 2.45) is 4.99 Å². The number of carbonyl (C=O) groups is 1. The molecule has 18 heavy (non-hydrogen) atoms. The fourth-order valence-corrected chi connectivity index (χ4v) is 1.22. The zero-order chi connectivity index (χ0) is 13.6. The molecule has 0 saturated heterocycles. The van der Waals surface area contributed by atoms with Crippen molar-refractivity contribution in [1.29, 1.82) is 0 Å². The fraction of sp³-hybridized carbons (Fsp3) is 0.333. The van der Waals surface area contributed by atoms with E-state index in [2.05, 4.69) is 9.73 Å². The Morgan fingerprint density at radius 3 is 2.39 bits per heavy atom. The molecule has 0 amide bonds. The van der Waals surface area contributed by atoms with Gasteiger partial charge in [0.1, 0.15) is 0 Å². The van der Waals surface area contributed by atoms with Crippen LogP contribution in [-0.2, 0) is 16.1 Å². The van der Waals surface area contributed by atoms with Crippen LogP contribution in [0.2, 0.25) is 0 Å². The monoisotopic (exact) mass is 259 g/mol. The average molecular weight is 259 g/mol. The first-order valence-corrected chi connectivity index (χ1v) is 5.28. The molecule has 0 bridgehead atoms. The van der Waals surface area contributed by atoms with Crippen LogP contribution in [0.3, 0.4) is 0 Å². The Morgan fingerprint density at radius 1 is 1.28 bits per heavy atom. The van der Waals surface area contributed by atoms with Gasteiger partial charge >= 0.3 is 12.1 Å². The molecule has 98 valence electrons. The SMILES string of the molecule is CCOC(=O)C(=NCc1ccccc1)C(F)(F)F. The van der Waals surface area contributed by atoms with Crippen LogP contribution in [0, 0.1) is 0 Å². The number of esters is 1. The number of carbonyl (C=O) groups excluding carboxylic acids is 1. The van der Waals surface area contributed by atoms with Crippen LogP contribution in [0.1, 0.15) is 12.5 Å². The lowest BCUT2D eigenvalue weighted by Gasteiger charge is -2.09. The predicted octanol–water partition coefficient (Wildman–Crippen LogP) is 2.75. The molecule has 1 rings (SSSR count). The van der Waals surface area contributed by atoms with E-state index in [9.17, 15) is 18.0 Å². The topological polar surface area (TPSA) is 38.7 Å². The van der Waals surface area contributed by atoms with Gasteiger partial charge in [-0.1, -0.05) is 30.3 Å². The second-order valence-corrected chi connectivity index (χ2v) is 3.37. The van der Waals surface area contributed by atoms with Crippen LogP contribution in [0.4, 0.5) is 13.2 Å². The summed E-state index contributed by atoms with van der Waals surface area (Å²) in [5.41, 5.74) is -0.920. The number of aliphatic imine (C=N–C) groups is 1. The van der Waals surface area contributed by atoms with E-state index < -0.39 is 17.9 Å². The fourth-order valence-electron chi connectivity index (χ4n) is 1.22. The summed E-state index contributed by atoms with van der Waals surface area (Å²) in [5.74, 6) is -1.44. The molecule has 0 N–H and O–H groups in total. The lowest BCUT2D eigenvalue weighted by atomic mass is 10.2. The molecule has 1 aromatic carbocycles. The van der Waals surface area contributed by atoms with Crippen molar-refractivity contribution >= 4 is 11.7 Å². The summed E-state index contributed by atoms with van der Waals surface area (Å²) in [7, 11) is 0. The molecule has 6 heteroatoms. The van der Waals surface area contributed by atoms with Crippen LogP contribution in [0.5, 0.6) is 0 Å². The van der Waals surface area contributed by atoms with Crippen molar-refractivity contribution in [2.75, 3.05) is 6.61 Å². The van der Waals surface area contributed by atoms with Gasteiger partial charge in [0, 0.05) is 0 Å². The van der Waals surface area contributed by atoms with Crippen molar-refractivity contribution < 1.29 is 22.7 Å². The van der Waals surface area contributed by atoms with Crippen LogP contribution in [-0.4, -0.2) is 24.5 Å². The number of hydrogen-bond acceptors (Lipinski definition) is 3. The third-order valence-corrected chi connectivity index (χ3v) is 2.00. The molecule has 0 radical (unpaired) electrons. The Kier molecular flexibility index (Phi) is 4.88. The minimum Gasteiger partial charge on any atom is -0.461 e. The maximum atomic E-state index is 12.6. The average Bonchev–Trinajstić information content (AvgIpc) is 2.29. The van der Waals surface area contributed by atoms with Gasteiger partial charge in [0.25, 0.3) is 0 Å². The number of halogens is 3. The van der Waals surface area contributed by atoms with E-state index in [1.807, 2.05) is 0 Å². The highest BCUT2D eigenvalue weighted by Gasteiger charge is 2.41. The van der Waals surface area contributed by atoms with Crippen molar-refractivity contribution in [3.05, 3.63) is 35.9 Å². The van der Waals surface area contributed by atoms with Crippen LogP contribution >= 0.6 is 0 Å². The lowest BCUT2D eigenvalue weighted by molar-refractivity contribution is -0.139. The minimum absolute atomic E-state index is 0.126. The van der Waals surface area contributed by atoms with Crippen LogP contribution < -0.4 is 0 Å². The first-order valence-electron chi connectivity index (χ1n) is 5.28. The van der Waals surface area contributed by atoms with Gasteiger partial charge in [0.2, 0.25) is 5.71 Å². The summed E-state index contributed by atoms with van der Waals surface area (Å²) in [5, 5.41) is 0. The maximum Gasteiger partial charge on any atom is 0.440 e. The molecule has 0 aliphatic carbocycles. The summed E-state index contributed by atoms with van der Waals surface area (Å²) >= 11 is 0. The number of ether oxygens (including phenoxy) is 1. The van der Waals surface area contributed by atoms with Gasteiger partial charge in [-0.25, -0.2) is 4.79 Å². The number of hydrogen-bond donors (Lipinski definition) is 0. The van der Waals surface area contributed by atoms with Crippen molar-refractivity contribution in [1.82, 2.24) is 0 Å². The third-order valence-electron chi connectivity index (χ3n) is 2.00. The normalized spacial score (nSPS) is 12.3. The standard InChI is InChI=1S/C12H12F3NO2/c1-2-18-11(17)10(12(13,14)15)16-8-9-6-4-3-5-7-9/h3-7H,2,8H2,1H3. The number of rotatable bonds is 4. The first-order chi connectivity index (χ1) is 8.45. The zero-order valence-electron chi connectivity index (χ0n) is 9.70. The second kappa shape index (κ2) is 6.18. The van der Waals surface area contributed by atoms with Gasteiger partial charge in [-0.2, -0.15) is 13.2 Å². The van der Waals surface area contributed by atoms with E-state index in [4.69, 9.17) is 0 Å². The highest BCUT2D eigenvalue weighted by molar-refractivity contribution is 6.38. The molecular formula is C12H12F3NO2. The predicted molar refractivity (Wildman–Crippen MR) is 60.3 cm³/mol. The molecule has 0 spiro atoms. The lowest BCUT2D eigenvalue weighted by Crippen LogP contribution is -2.33. The summed E-state index contributed by atoms with van der Waals surface area (Å²) in [6, 6.07) is 8.36. The van der Waals surface area contributed by atoms with E-state index in [-0.39, 0.29) is 13.2 Å². The molecule has 0 fully saturated rings. The molecule has 0 heterocycles. The smallest absolute Gasteiger partial charge is 0.440 e. The van der Waals surface area contributed by atoms with E-state index in [0.717, 1.165) is 0 Å². The van der Waals surface area contributed by atoms with Crippen molar-refractivity contribution in [2.45, 2.75) is 19.6 Å². The highest BCUT2D eigenvalue weighted by atomic mass is 19.4. The molecule has 0 saturated carbocycles. The van der Waals surface area contributed by atoms with Crippen molar-refractivity contribution in [3.63, 3.8) is 0 Å². The highest BCUT2D eigenvalue weighted by Crippen LogP contribution is 2.19. The zero-order valence-corrected chi connectivity index (χ0v) is 9.70. The molecule has 0 aliphatic heterocycles. The molecule has 0 unspecified atom stereocenters. The quantitative estimate of drug-likeness (QED) is 0.616. The molecule has 0 aliphatic rings. The van der Waals surface area contributed by atoms with Gasteiger partial charge in [-0.3, -0.25) is 4.99 Å². The molecule has 1 aromatic rings. The maximum absolute atomic E-state index is 12.6. The van der Waals surface area contributed by atoms with Crippen LogP contribution in [0.25, 0.3) is 0 Å². The molecule has 0 aromatic heterocycles. The molecule has 3 nitrogen and oxygen atoms in total. The van der Waals surface area contributed by atoms with Gasteiger partial charge in [0.05, 0.1) is 13.2 Å². The Bertz CT molecular complexity index is 427. The Hall–Kier alpha value is -1.85. The van der Waals surface area contributed by atoms with E-state index in [0.29, 0.717) is 5.56 Å². The van der Waals surface area contributed by atoms with E-state index in [1.54, 1.807) is 30.3 Å². The second-order valence-electron chi connectivity index (χ2n) is 3.37.